The molecule has 0 spiro atoms. The largest absolute Gasteiger partial charge is 0.478 e. The van der Waals surface area contributed by atoms with Gasteiger partial charge in [0.25, 0.3) is 0 Å². The third kappa shape index (κ3) is 1.50. The first-order chi connectivity index (χ1) is 8.66. The number of nitrogens with one attached hydrogen (secondary N) is 1. The molecule has 0 amide bonds. The van der Waals surface area contributed by atoms with Crippen LogP contribution in [0.2, 0.25) is 0 Å². The molecule has 4 heteroatoms. The van der Waals surface area contributed by atoms with E-state index in [0.717, 1.165) is 16.5 Å². The number of H-pyrrole nitrogens is 1. The number of rotatable bonds is 2. The van der Waals surface area contributed by atoms with E-state index in [1.807, 2.05) is 31.2 Å². The highest BCUT2D eigenvalue weighted by Crippen LogP contribution is 2.29. The van der Waals surface area contributed by atoms with Crippen LogP contribution < -0.4 is 0 Å². The Bertz CT molecular complexity index is 736. The first-order valence-electron chi connectivity index (χ1n) is 5.56. The Kier molecular flexibility index (Phi) is 2.23. The topological polar surface area (TPSA) is 66.2 Å². The van der Waals surface area contributed by atoms with E-state index < -0.39 is 5.97 Å². The minimum absolute atomic E-state index is 0.166. The molecule has 3 rings (SSSR count). The van der Waals surface area contributed by atoms with Gasteiger partial charge in [0.2, 0.25) is 0 Å². The van der Waals surface area contributed by atoms with Crippen LogP contribution in [-0.2, 0) is 0 Å². The summed E-state index contributed by atoms with van der Waals surface area (Å²) in [4.78, 5) is 14.3. The van der Waals surface area contributed by atoms with Crippen molar-refractivity contribution in [2.75, 3.05) is 0 Å². The van der Waals surface area contributed by atoms with Gasteiger partial charge in [-0.15, -0.1) is 0 Å². The zero-order valence-electron chi connectivity index (χ0n) is 9.73. The first kappa shape index (κ1) is 10.7. The van der Waals surface area contributed by atoms with Crippen molar-refractivity contribution in [3.63, 3.8) is 0 Å². The number of hydrogen-bond donors (Lipinski definition) is 2. The number of fused-ring (bicyclic) bond motifs is 1. The number of hydrogen-bond acceptors (Lipinski definition) is 2. The number of aromatic nitrogens is 1. The summed E-state index contributed by atoms with van der Waals surface area (Å²) in [6, 6.07) is 9.30. The maximum absolute atomic E-state index is 11.1. The zero-order valence-corrected chi connectivity index (χ0v) is 9.73. The molecule has 0 radical (unpaired) electrons. The van der Waals surface area contributed by atoms with Gasteiger partial charge in [0.05, 0.1) is 12.0 Å². The SMILES string of the molecule is Cc1cccc2cc(-c3occc3C(=O)O)[nH]c12. The fraction of sp³-hybridized carbons (Fsp3) is 0.0714. The molecule has 90 valence electrons. The predicted octanol–water partition coefficient (Wildman–Crippen LogP) is 3.43. The Morgan fingerprint density at radius 3 is 2.89 bits per heavy atom. The summed E-state index contributed by atoms with van der Waals surface area (Å²) in [6.07, 6.45) is 1.39. The van der Waals surface area contributed by atoms with Gasteiger partial charge in [-0.05, 0) is 24.6 Å². The van der Waals surface area contributed by atoms with E-state index >= 15 is 0 Å². The van der Waals surface area contributed by atoms with Crippen molar-refractivity contribution in [3.05, 3.63) is 47.7 Å². The third-order valence-electron chi connectivity index (χ3n) is 3.00. The Balaban J connectivity index is 2.23. The molecule has 0 fully saturated rings. The van der Waals surface area contributed by atoms with Gasteiger partial charge in [0.1, 0.15) is 5.56 Å². The van der Waals surface area contributed by atoms with Gasteiger partial charge < -0.3 is 14.5 Å². The van der Waals surface area contributed by atoms with Gasteiger partial charge in [0.15, 0.2) is 5.76 Å². The smallest absolute Gasteiger partial charge is 0.339 e. The molecule has 2 N–H and O–H groups in total. The van der Waals surface area contributed by atoms with E-state index in [1.54, 1.807) is 0 Å². The van der Waals surface area contributed by atoms with Crippen LogP contribution in [0.3, 0.4) is 0 Å². The number of aryl methyl sites for hydroxylation is 1. The minimum atomic E-state index is -0.992. The standard InChI is InChI=1S/C14H11NO3/c1-8-3-2-4-9-7-11(15-12(8)9)13-10(14(16)17)5-6-18-13/h2-7,15H,1H3,(H,16,17). The second-order valence-electron chi connectivity index (χ2n) is 4.19. The maximum atomic E-state index is 11.1. The molecule has 0 atom stereocenters. The van der Waals surface area contributed by atoms with Gasteiger partial charge in [-0.25, -0.2) is 4.79 Å². The average molecular weight is 241 g/mol. The van der Waals surface area contributed by atoms with E-state index in [0.29, 0.717) is 11.5 Å². The molecule has 0 aliphatic rings. The van der Waals surface area contributed by atoms with Crippen molar-refractivity contribution in [3.8, 4) is 11.5 Å². The number of carboxylic acid groups (broad SMARTS) is 1. The number of carbonyl (C=O) groups is 1. The molecule has 2 aromatic heterocycles. The van der Waals surface area contributed by atoms with Crippen molar-refractivity contribution in [2.24, 2.45) is 0 Å². The second kappa shape index (κ2) is 3.77. The van der Waals surface area contributed by atoms with Gasteiger partial charge in [0, 0.05) is 10.9 Å². The fourth-order valence-electron chi connectivity index (χ4n) is 2.12. The molecule has 2 heterocycles. The fourth-order valence-corrected chi connectivity index (χ4v) is 2.12. The summed E-state index contributed by atoms with van der Waals surface area (Å²) in [7, 11) is 0. The van der Waals surface area contributed by atoms with Crippen molar-refractivity contribution in [1.29, 1.82) is 0 Å². The Labute approximate surface area is 103 Å². The number of aromatic carboxylic acids is 1. The lowest BCUT2D eigenvalue weighted by molar-refractivity contribution is 0.0697. The molecule has 0 unspecified atom stereocenters. The number of aromatic amines is 1. The van der Waals surface area contributed by atoms with Crippen molar-refractivity contribution in [2.45, 2.75) is 6.92 Å². The average Bonchev–Trinajstić information content (AvgIpc) is 2.95. The van der Waals surface area contributed by atoms with Gasteiger partial charge in [-0.3, -0.25) is 0 Å². The van der Waals surface area contributed by atoms with Gasteiger partial charge in [-0.2, -0.15) is 0 Å². The molecule has 3 aromatic rings. The van der Waals surface area contributed by atoms with Crippen LogP contribution in [0.15, 0.2) is 41.0 Å². The van der Waals surface area contributed by atoms with E-state index in [-0.39, 0.29) is 5.56 Å². The monoisotopic (exact) mass is 241 g/mol. The van der Waals surface area contributed by atoms with Crippen LogP contribution >= 0.6 is 0 Å². The van der Waals surface area contributed by atoms with Crippen molar-refractivity contribution >= 4 is 16.9 Å². The summed E-state index contributed by atoms with van der Waals surface area (Å²) in [5, 5.41) is 10.1. The van der Waals surface area contributed by atoms with Gasteiger partial charge in [-0.1, -0.05) is 18.2 Å². The summed E-state index contributed by atoms with van der Waals surface area (Å²) >= 11 is 0. The highest BCUT2D eigenvalue weighted by molar-refractivity contribution is 5.96. The normalized spacial score (nSPS) is 10.9. The Morgan fingerprint density at radius 1 is 1.33 bits per heavy atom. The predicted molar refractivity (Wildman–Crippen MR) is 67.7 cm³/mol. The lowest BCUT2D eigenvalue weighted by atomic mass is 10.1. The molecule has 0 bridgehead atoms. The zero-order chi connectivity index (χ0) is 12.7. The summed E-state index contributed by atoms with van der Waals surface area (Å²) in [6.45, 7) is 2.00. The Hall–Kier alpha value is -2.49. The lowest BCUT2D eigenvalue weighted by Crippen LogP contribution is -1.95. The van der Waals surface area contributed by atoms with Crippen LogP contribution in [0.25, 0.3) is 22.4 Å². The van der Waals surface area contributed by atoms with E-state index in [4.69, 9.17) is 9.52 Å². The molecule has 18 heavy (non-hydrogen) atoms. The minimum Gasteiger partial charge on any atom is -0.478 e. The van der Waals surface area contributed by atoms with E-state index in [2.05, 4.69) is 4.98 Å². The number of furan rings is 1. The van der Waals surface area contributed by atoms with Crippen LogP contribution in [0.4, 0.5) is 0 Å². The molecule has 0 saturated heterocycles. The highest BCUT2D eigenvalue weighted by Gasteiger charge is 2.17. The molecule has 0 saturated carbocycles. The van der Waals surface area contributed by atoms with Crippen molar-refractivity contribution < 1.29 is 14.3 Å². The van der Waals surface area contributed by atoms with Crippen LogP contribution in [0.1, 0.15) is 15.9 Å². The molecule has 0 aliphatic carbocycles. The van der Waals surface area contributed by atoms with Crippen LogP contribution in [-0.4, -0.2) is 16.1 Å². The lowest BCUT2D eigenvalue weighted by Gasteiger charge is -1.95. The molecular formula is C14H11NO3. The van der Waals surface area contributed by atoms with E-state index in [9.17, 15) is 4.79 Å². The maximum Gasteiger partial charge on any atom is 0.339 e. The molecule has 0 aliphatic heterocycles. The number of benzene rings is 1. The summed E-state index contributed by atoms with van der Waals surface area (Å²) in [5.74, 6) is -0.632. The van der Waals surface area contributed by atoms with Gasteiger partial charge >= 0.3 is 5.97 Å². The number of carboxylic acids is 1. The first-order valence-corrected chi connectivity index (χ1v) is 5.56. The van der Waals surface area contributed by atoms with Crippen molar-refractivity contribution in [1.82, 2.24) is 4.98 Å². The Morgan fingerprint density at radius 2 is 2.17 bits per heavy atom. The quantitative estimate of drug-likeness (QED) is 0.722. The highest BCUT2D eigenvalue weighted by atomic mass is 16.4. The summed E-state index contributed by atoms with van der Waals surface area (Å²) < 4.78 is 5.27. The number of para-hydroxylation sites is 1. The molecular weight excluding hydrogens is 230 g/mol. The molecule has 1 aromatic carbocycles. The third-order valence-corrected chi connectivity index (χ3v) is 3.00. The van der Waals surface area contributed by atoms with Crippen LogP contribution in [0, 0.1) is 6.92 Å². The molecule has 4 nitrogen and oxygen atoms in total. The van der Waals surface area contributed by atoms with Crippen LogP contribution in [0.5, 0.6) is 0 Å². The summed E-state index contributed by atoms with van der Waals surface area (Å²) in [5.41, 5.74) is 2.96. The second-order valence-corrected chi connectivity index (χ2v) is 4.19. The van der Waals surface area contributed by atoms with E-state index in [1.165, 1.54) is 12.3 Å².